The Balaban J connectivity index is 1.55. The molecular weight excluding hydrogens is 308 g/mol. The second kappa shape index (κ2) is 7.47. The molecule has 3 rings (SSSR count). The van der Waals surface area contributed by atoms with E-state index in [1.807, 2.05) is 6.07 Å². The van der Waals surface area contributed by atoms with Crippen LogP contribution in [-0.4, -0.2) is 18.1 Å². The minimum atomic E-state index is 0.209. The largest absolute Gasteiger partial charge is 0.493 e. The molecule has 0 amide bonds. The summed E-state index contributed by atoms with van der Waals surface area (Å²) in [4.78, 5) is 0. The first-order valence-electron chi connectivity index (χ1n) is 7.81. The molecule has 0 unspecified atom stereocenters. The van der Waals surface area contributed by atoms with E-state index < -0.39 is 0 Å². The molecule has 0 aliphatic carbocycles. The highest BCUT2D eigenvalue weighted by Gasteiger charge is 2.30. The van der Waals surface area contributed by atoms with Gasteiger partial charge in [-0.25, -0.2) is 0 Å². The smallest absolute Gasteiger partial charge is 0.119 e. The Hall–Kier alpha value is -1.06. The fourth-order valence-electron chi connectivity index (χ4n) is 2.59. The topological polar surface area (TPSA) is 9.23 Å². The lowest BCUT2D eigenvalue weighted by molar-refractivity contribution is 0.322. The summed E-state index contributed by atoms with van der Waals surface area (Å²) >= 11 is 4.12. The molecule has 0 radical (unpaired) electrons. The van der Waals surface area contributed by atoms with Crippen LogP contribution in [0.5, 0.6) is 5.75 Å². The van der Waals surface area contributed by atoms with Crippen molar-refractivity contribution in [1.82, 2.24) is 0 Å². The molecule has 2 aromatic carbocycles. The van der Waals surface area contributed by atoms with Gasteiger partial charge in [-0.2, -0.15) is 0 Å². The van der Waals surface area contributed by atoms with Crippen molar-refractivity contribution in [2.75, 3.05) is 18.1 Å². The zero-order chi connectivity index (χ0) is 15.3. The molecule has 0 saturated carbocycles. The fraction of sp³-hybridized carbons (Fsp3) is 0.368. The molecule has 0 atom stereocenters. The molecule has 1 heterocycles. The minimum Gasteiger partial charge on any atom is -0.493 e. The summed E-state index contributed by atoms with van der Waals surface area (Å²) in [5.41, 5.74) is 2.72. The number of thioether (sulfide) groups is 2. The van der Waals surface area contributed by atoms with E-state index in [2.05, 4.69) is 79.0 Å². The quantitative estimate of drug-likeness (QED) is 0.731. The van der Waals surface area contributed by atoms with Gasteiger partial charge >= 0.3 is 0 Å². The highest BCUT2D eigenvalue weighted by atomic mass is 32.2. The average Bonchev–Trinajstić information content (AvgIpc) is 2.57. The van der Waals surface area contributed by atoms with E-state index in [1.54, 1.807) is 0 Å². The lowest BCUT2D eigenvalue weighted by Gasteiger charge is -2.32. The lowest BCUT2D eigenvalue weighted by atomic mass is 10.1. The molecule has 0 N–H and O–H groups in total. The van der Waals surface area contributed by atoms with Crippen LogP contribution in [0.4, 0.5) is 0 Å². The van der Waals surface area contributed by atoms with Gasteiger partial charge in [-0.15, -0.1) is 23.5 Å². The highest BCUT2D eigenvalue weighted by molar-refractivity contribution is 8.18. The Morgan fingerprint density at radius 1 is 0.955 bits per heavy atom. The summed E-state index contributed by atoms with van der Waals surface area (Å²) in [6.07, 6.45) is 2.28. The summed E-state index contributed by atoms with van der Waals surface area (Å²) in [7, 11) is 0. The molecule has 1 saturated heterocycles. The van der Waals surface area contributed by atoms with Crippen molar-refractivity contribution in [3.63, 3.8) is 0 Å². The van der Waals surface area contributed by atoms with Gasteiger partial charge in [-0.05, 0) is 48.1 Å². The Bertz CT molecular complexity index is 574. The number of rotatable bonds is 5. The van der Waals surface area contributed by atoms with Gasteiger partial charge in [-0.1, -0.05) is 42.5 Å². The van der Waals surface area contributed by atoms with Crippen molar-refractivity contribution in [3.05, 3.63) is 65.7 Å². The maximum Gasteiger partial charge on any atom is 0.119 e. The van der Waals surface area contributed by atoms with Gasteiger partial charge in [0.2, 0.25) is 0 Å². The molecule has 0 bridgehead atoms. The van der Waals surface area contributed by atoms with E-state index in [-0.39, 0.29) is 4.08 Å². The average molecular weight is 331 g/mol. The zero-order valence-corrected chi connectivity index (χ0v) is 14.6. The Morgan fingerprint density at radius 3 is 2.32 bits per heavy atom. The van der Waals surface area contributed by atoms with E-state index in [0.29, 0.717) is 0 Å². The standard InChI is InChI=1S/C19H22OS2/c1-19(21-14-5-15-22-19)17-8-10-18(11-9-17)20-13-12-16-6-3-2-4-7-16/h2-4,6-11H,5,12-15H2,1H3. The van der Waals surface area contributed by atoms with Gasteiger partial charge in [0.25, 0.3) is 0 Å². The molecule has 1 aliphatic heterocycles. The van der Waals surface area contributed by atoms with Gasteiger partial charge < -0.3 is 4.74 Å². The van der Waals surface area contributed by atoms with Crippen LogP contribution in [0, 0.1) is 0 Å². The molecule has 1 fully saturated rings. The molecule has 0 aromatic heterocycles. The first-order chi connectivity index (χ1) is 10.8. The predicted molar refractivity (Wildman–Crippen MR) is 99.0 cm³/mol. The first-order valence-corrected chi connectivity index (χ1v) is 9.79. The summed E-state index contributed by atoms with van der Waals surface area (Å²) in [5, 5.41) is 0. The predicted octanol–water partition coefficient (Wildman–Crippen LogP) is 5.35. The Kier molecular flexibility index (Phi) is 5.37. The maximum atomic E-state index is 5.87. The molecule has 0 spiro atoms. The maximum absolute atomic E-state index is 5.87. The van der Waals surface area contributed by atoms with Gasteiger partial charge in [0.15, 0.2) is 0 Å². The van der Waals surface area contributed by atoms with Crippen molar-refractivity contribution >= 4 is 23.5 Å². The first kappa shape index (κ1) is 15.8. The zero-order valence-electron chi connectivity index (χ0n) is 13.0. The van der Waals surface area contributed by atoms with E-state index in [4.69, 9.17) is 4.74 Å². The molecule has 1 aliphatic rings. The van der Waals surface area contributed by atoms with Crippen molar-refractivity contribution in [1.29, 1.82) is 0 Å². The van der Waals surface area contributed by atoms with Crippen LogP contribution >= 0.6 is 23.5 Å². The normalized spacial score (nSPS) is 17.1. The summed E-state index contributed by atoms with van der Waals surface area (Å²) in [6.45, 7) is 3.07. The number of hydrogen-bond acceptors (Lipinski definition) is 3. The van der Waals surface area contributed by atoms with Gasteiger partial charge in [-0.3, -0.25) is 0 Å². The van der Waals surface area contributed by atoms with Crippen LogP contribution in [0.25, 0.3) is 0 Å². The van der Waals surface area contributed by atoms with Crippen LogP contribution in [0.3, 0.4) is 0 Å². The van der Waals surface area contributed by atoms with Gasteiger partial charge in [0.05, 0.1) is 10.7 Å². The Labute approximate surface area is 141 Å². The molecule has 1 nitrogen and oxygen atoms in total. The minimum absolute atomic E-state index is 0.209. The van der Waals surface area contributed by atoms with Crippen molar-refractivity contribution in [2.24, 2.45) is 0 Å². The summed E-state index contributed by atoms with van der Waals surface area (Å²) in [6, 6.07) is 19.2. The van der Waals surface area contributed by atoms with E-state index in [9.17, 15) is 0 Å². The SMILES string of the molecule is CC1(c2ccc(OCCc3ccccc3)cc2)SCCCS1. The van der Waals surface area contributed by atoms with E-state index in [1.165, 1.54) is 29.1 Å². The van der Waals surface area contributed by atoms with Crippen LogP contribution in [0.2, 0.25) is 0 Å². The van der Waals surface area contributed by atoms with Crippen molar-refractivity contribution in [2.45, 2.75) is 23.8 Å². The third-order valence-corrected chi connectivity index (χ3v) is 7.19. The third-order valence-electron chi connectivity index (χ3n) is 3.92. The molecule has 116 valence electrons. The number of benzene rings is 2. The van der Waals surface area contributed by atoms with E-state index in [0.717, 1.165) is 18.8 Å². The monoisotopic (exact) mass is 330 g/mol. The second-order valence-electron chi connectivity index (χ2n) is 5.60. The summed E-state index contributed by atoms with van der Waals surface area (Å²) < 4.78 is 6.08. The second-order valence-corrected chi connectivity index (χ2v) is 8.89. The highest BCUT2D eigenvalue weighted by Crippen LogP contribution is 2.49. The number of ether oxygens (including phenoxy) is 1. The molecule has 3 heteroatoms. The third kappa shape index (κ3) is 4.02. The summed E-state index contributed by atoms with van der Waals surface area (Å²) in [5.74, 6) is 3.49. The van der Waals surface area contributed by atoms with E-state index >= 15 is 0 Å². The van der Waals surface area contributed by atoms with Crippen LogP contribution < -0.4 is 4.74 Å². The lowest BCUT2D eigenvalue weighted by Crippen LogP contribution is -2.18. The van der Waals surface area contributed by atoms with Crippen molar-refractivity contribution < 1.29 is 4.74 Å². The van der Waals surface area contributed by atoms with Crippen LogP contribution in [0.15, 0.2) is 54.6 Å². The fourth-order valence-corrected chi connectivity index (χ4v) is 5.56. The molecule has 22 heavy (non-hydrogen) atoms. The molecular formula is C19H22OS2. The van der Waals surface area contributed by atoms with Crippen LogP contribution in [0.1, 0.15) is 24.5 Å². The van der Waals surface area contributed by atoms with Gasteiger partial charge in [0.1, 0.15) is 5.75 Å². The number of hydrogen-bond donors (Lipinski definition) is 0. The Morgan fingerprint density at radius 2 is 1.64 bits per heavy atom. The molecule has 2 aromatic rings. The van der Waals surface area contributed by atoms with Crippen LogP contribution in [-0.2, 0) is 10.5 Å². The van der Waals surface area contributed by atoms with Crippen molar-refractivity contribution in [3.8, 4) is 5.75 Å². The van der Waals surface area contributed by atoms with Gasteiger partial charge in [0, 0.05) is 6.42 Å².